The molecular weight excluding hydrogens is 262 g/mol. The maximum absolute atomic E-state index is 12.3. The van der Waals surface area contributed by atoms with E-state index in [0.29, 0.717) is 6.54 Å². The summed E-state index contributed by atoms with van der Waals surface area (Å²) in [6.45, 7) is 3.87. The summed E-state index contributed by atoms with van der Waals surface area (Å²) in [6, 6.07) is 6.05. The van der Waals surface area contributed by atoms with Gasteiger partial charge in [-0.05, 0) is 19.9 Å². The van der Waals surface area contributed by atoms with Gasteiger partial charge in [0.2, 0.25) is 5.75 Å². The van der Waals surface area contributed by atoms with Crippen LogP contribution in [0.3, 0.4) is 0 Å². The number of nitrogens with zero attached hydrogens (tertiary/aromatic N) is 3. The van der Waals surface area contributed by atoms with Crippen molar-refractivity contribution in [2.24, 2.45) is 0 Å². The lowest BCUT2D eigenvalue weighted by Crippen LogP contribution is -2.31. The molecule has 0 aliphatic heterocycles. The number of carbonyl (C=O) groups excluding carboxylic acids is 1. The lowest BCUT2D eigenvalue weighted by molar-refractivity contribution is -0.385. The fraction of sp³-hybridized carbons (Fsp3) is 0.385. The van der Waals surface area contributed by atoms with E-state index >= 15 is 0 Å². The zero-order valence-electron chi connectivity index (χ0n) is 11.3. The maximum atomic E-state index is 12.3. The Kier molecular flexibility index (Phi) is 5.47. The van der Waals surface area contributed by atoms with E-state index in [1.165, 1.54) is 23.1 Å². The van der Waals surface area contributed by atoms with Gasteiger partial charge >= 0.3 is 5.69 Å². The van der Waals surface area contributed by atoms with E-state index in [9.17, 15) is 14.9 Å². The Bertz CT molecular complexity index is 551. The highest BCUT2D eigenvalue weighted by Gasteiger charge is 2.25. The standard InChI is InChI=1S/C13H15N3O4/c1-3-15(9-8-14)13(17)10-6-5-7-11(16(18)19)12(10)20-4-2/h5-7H,3-4,9H2,1-2H3. The van der Waals surface area contributed by atoms with Crippen LogP contribution in [-0.4, -0.2) is 35.4 Å². The zero-order valence-corrected chi connectivity index (χ0v) is 11.3. The molecule has 0 heterocycles. The average Bonchev–Trinajstić information content (AvgIpc) is 2.44. The highest BCUT2D eigenvalue weighted by molar-refractivity contribution is 5.98. The summed E-state index contributed by atoms with van der Waals surface area (Å²) in [5.41, 5.74) is -0.163. The fourth-order valence-corrected chi connectivity index (χ4v) is 1.72. The van der Waals surface area contributed by atoms with Crippen LogP contribution >= 0.6 is 0 Å². The first-order valence-corrected chi connectivity index (χ1v) is 6.13. The van der Waals surface area contributed by atoms with Gasteiger partial charge in [-0.3, -0.25) is 14.9 Å². The van der Waals surface area contributed by atoms with Gasteiger partial charge in [-0.25, -0.2) is 0 Å². The van der Waals surface area contributed by atoms with Crippen LogP contribution in [0.4, 0.5) is 5.69 Å². The van der Waals surface area contributed by atoms with E-state index in [2.05, 4.69) is 0 Å². The molecule has 0 bridgehead atoms. The third kappa shape index (κ3) is 3.23. The van der Waals surface area contributed by atoms with Crippen molar-refractivity contribution in [3.8, 4) is 11.8 Å². The molecule has 0 saturated carbocycles. The summed E-state index contributed by atoms with van der Waals surface area (Å²) < 4.78 is 5.25. The Balaban J connectivity index is 3.29. The van der Waals surface area contributed by atoms with Gasteiger partial charge in [0.15, 0.2) is 0 Å². The van der Waals surface area contributed by atoms with Gasteiger partial charge in [0.05, 0.1) is 23.2 Å². The van der Waals surface area contributed by atoms with Crippen molar-refractivity contribution in [2.75, 3.05) is 19.7 Å². The maximum Gasteiger partial charge on any atom is 0.311 e. The number of ether oxygens (including phenoxy) is 1. The van der Waals surface area contributed by atoms with Crippen LogP contribution in [0.15, 0.2) is 18.2 Å². The SMILES string of the molecule is CCOc1c(C(=O)N(CC)CC#N)cccc1[N+](=O)[O-]. The number of hydrogen-bond donors (Lipinski definition) is 0. The summed E-state index contributed by atoms with van der Waals surface area (Å²) in [7, 11) is 0. The Hall–Kier alpha value is -2.62. The molecule has 106 valence electrons. The molecule has 0 saturated heterocycles. The van der Waals surface area contributed by atoms with Crippen LogP contribution in [-0.2, 0) is 0 Å². The normalized spacial score (nSPS) is 9.65. The van der Waals surface area contributed by atoms with Crippen LogP contribution in [0.5, 0.6) is 5.75 Å². The van der Waals surface area contributed by atoms with E-state index in [4.69, 9.17) is 10.00 Å². The number of hydrogen-bond acceptors (Lipinski definition) is 5. The number of nitro groups is 1. The van der Waals surface area contributed by atoms with E-state index in [-0.39, 0.29) is 30.2 Å². The number of carbonyl (C=O) groups is 1. The summed E-state index contributed by atoms with van der Waals surface area (Å²) >= 11 is 0. The molecule has 20 heavy (non-hydrogen) atoms. The number of rotatable bonds is 6. The van der Waals surface area contributed by atoms with Gasteiger partial charge in [0.1, 0.15) is 6.54 Å². The third-order valence-electron chi connectivity index (χ3n) is 2.64. The van der Waals surface area contributed by atoms with Gasteiger partial charge in [0, 0.05) is 12.6 Å². The minimum atomic E-state index is -0.595. The molecule has 1 aromatic rings. The van der Waals surface area contributed by atoms with E-state index in [1.807, 2.05) is 6.07 Å². The van der Waals surface area contributed by atoms with Gasteiger partial charge in [-0.1, -0.05) is 6.07 Å². The Labute approximate surface area is 116 Å². The lowest BCUT2D eigenvalue weighted by atomic mass is 10.1. The van der Waals surface area contributed by atoms with Gasteiger partial charge in [-0.15, -0.1) is 0 Å². The van der Waals surface area contributed by atoms with Crippen molar-refractivity contribution in [3.63, 3.8) is 0 Å². The number of nitriles is 1. The first-order valence-electron chi connectivity index (χ1n) is 6.13. The quantitative estimate of drug-likeness (QED) is 0.450. The van der Waals surface area contributed by atoms with Gasteiger partial charge < -0.3 is 9.64 Å². The Morgan fingerprint density at radius 3 is 2.70 bits per heavy atom. The van der Waals surface area contributed by atoms with Crippen LogP contribution in [0.2, 0.25) is 0 Å². The number of para-hydroxylation sites is 1. The zero-order chi connectivity index (χ0) is 15.1. The Morgan fingerprint density at radius 2 is 2.20 bits per heavy atom. The largest absolute Gasteiger partial charge is 0.487 e. The van der Waals surface area contributed by atoms with Crippen LogP contribution in [0.25, 0.3) is 0 Å². The molecular formula is C13H15N3O4. The van der Waals surface area contributed by atoms with E-state index in [0.717, 1.165) is 0 Å². The van der Waals surface area contributed by atoms with Crippen LogP contribution in [0, 0.1) is 21.4 Å². The second-order valence-corrected chi connectivity index (χ2v) is 3.82. The molecule has 0 radical (unpaired) electrons. The second-order valence-electron chi connectivity index (χ2n) is 3.82. The highest BCUT2D eigenvalue weighted by Crippen LogP contribution is 2.31. The minimum Gasteiger partial charge on any atom is -0.487 e. The van der Waals surface area contributed by atoms with E-state index < -0.39 is 10.8 Å². The van der Waals surface area contributed by atoms with Gasteiger partial charge in [-0.2, -0.15) is 5.26 Å². The Morgan fingerprint density at radius 1 is 1.50 bits per heavy atom. The number of amides is 1. The van der Waals surface area contributed by atoms with Crippen molar-refractivity contribution in [3.05, 3.63) is 33.9 Å². The predicted molar refractivity (Wildman–Crippen MR) is 71.5 cm³/mol. The number of benzene rings is 1. The monoisotopic (exact) mass is 277 g/mol. The lowest BCUT2D eigenvalue weighted by Gasteiger charge is -2.18. The highest BCUT2D eigenvalue weighted by atomic mass is 16.6. The van der Waals surface area contributed by atoms with Crippen molar-refractivity contribution >= 4 is 11.6 Å². The molecule has 0 spiro atoms. The minimum absolute atomic E-state index is 0.0543. The summed E-state index contributed by atoms with van der Waals surface area (Å²) in [5.74, 6) is -0.511. The molecule has 7 heteroatoms. The topological polar surface area (TPSA) is 96.5 Å². The second kappa shape index (κ2) is 7.09. The molecule has 0 fully saturated rings. The molecule has 0 aromatic heterocycles. The first-order chi connectivity index (χ1) is 9.56. The van der Waals surface area contributed by atoms with Crippen molar-refractivity contribution in [2.45, 2.75) is 13.8 Å². The summed E-state index contributed by atoms with van der Waals surface area (Å²) in [4.78, 5) is 24.0. The van der Waals surface area contributed by atoms with Crippen molar-refractivity contribution in [1.82, 2.24) is 4.90 Å². The molecule has 0 N–H and O–H groups in total. The van der Waals surface area contributed by atoms with Crippen LogP contribution < -0.4 is 4.74 Å². The van der Waals surface area contributed by atoms with Crippen molar-refractivity contribution in [1.29, 1.82) is 5.26 Å². The molecule has 1 rings (SSSR count). The van der Waals surface area contributed by atoms with Gasteiger partial charge in [0.25, 0.3) is 5.91 Å². The first kappa shape index (κ1) is 15.4. The molecule has 1 amide bonds. The molecule has 7 nitrogen and oxygen atoms in total. The summed E-state index contributed by atoms with van der Waals surface area (Å²) in [6.07, 6.45) is 0. The molecule has 0 aliphatic carbocycles. The summed E-state index contributed by atoms with van der Waals surface area (Å²) in [5, 5.41) is 19.7. The van der Waals surface area contributed by atoms with Crippen molar-refractivity contribution < 1.29 is 14.5 Å². The molecule has 0 atom stereocenters. The molecule has 0 aliphatic rings. The average molecular weight is 277 g/mol. The number of nitro benzene ring substituents is 1. The van der Waals surface area contributed by atoms with E-state index in [1.54, 1.807) is 13.8 Å². The predicted octanol–water partition coefficient (Wildman–Crippen LogP) is 1.98. The fourth-order valence-electron chi connectivity index (χ4n) is 1.72. The van der Waals surface area contributed by atoms with Crippen LogP contribution in [0.1, 0.15) is 24.2 Å². The third-order valence-corrected chi connectivity index (χ3v) is 2.64. The smallest absolute Gasteiger partial charge is 0.311 e. The molecule has 1 aromatic carbocycles. The molecule has 0 unspecified atom stereocenters.